The Labute approximate surface area is 111 Å². The second-order valence-electron chi connectivity index (χ2n) is 6.33. The van der Waals surface area contributed by atoms with E-state index in [1.54, 1.807) is 0 Å². The second-order valence-corrected chi connectivity index (χ2v) is 6.33. The molecule has 0 aromatic rings. The molecule has 3 N–H and O–H groups in total. The van der Waals surface area contributed by atoms with Gasteiger partial charge >= 0.3 is 0 Å². The summed E-state index contributed by atoms with van der Waals surface area (Å²) in [7, 11) is 0. The average molecular weight is 252 g/mol. The van der Waals surface area contributed by atoms with Crippen molar-refractivity contribution < 1.29 is 4.79 Å². The zero-order valence-electron chi connectivity index (χ0n) is 11.7. The fourth-order valence-electron chi connectivity index (χ4n) is 3.40. The highest BCUT2D eigenvalue weighted by Gasteiger charge is 2.36. The average Bonchev–Trinajstić information content (AvgIpc) is 2.53. The topological polar surface area (TPSA) is 55.1 Å². The molecule has 0 saturated heterocycles. The molecule has 2 fully saturated rings. The molecule has 0 aliphatic heterocycles. The molecule has 18 heavy (non-hydrogen) atoms. The van der Waals surface area contributed by atoms with E-state index in [0.717, 1.165) is 25.8 Å². The van der Waals surface area contributed by atoms with Gasteiger partial charge in [-0.25, -0.2) is 0 Å². The van der Waals surface area contributed by atoms with Crippen LogP contribution in [0.25, 0.3) is 0 Å². The van der Waals surface area contributed by atoms with Crippen LogP contribution in [0.1, 0.15) is 64.7 Å². The largest absolute Gasteiger partial charge is 0.355 e. The normalized spacial score (nSPS) is 31.2. The minimum atomic E-state index is 0.0569. The molecular formula is C15H28N2O. The van der Waals surface area contributed by atoms with E-state index in [1.165, 1.54) is 38.5 Å². The lowest BCUT2D eigenvalue weighted by atomic mass is 9.67. The first-order valence-electron chi connectivity index (χ1n) is 7.70. The van der Waals surface area contributed by atoms with Crippen molar-refractivity contribution in [3.05, 3.63) is 0 Å². The molecule has 0 radical (unpaired) electrons. The molecule has 3 heteroatoms. The Kier molecular flexibility index (Phi) is 4.66. The van der Waals surface area contributed by atoms with E-state index in [1.807, 2.05) is 0 Å². The van der Waals surface area contributed by atoms with Gasteiger partial charge in [0.15, 0.2) is 0 Å². The summed E-state index contributed by atoms with van der Waals surface area (Å²) in [4.78, 5) is 12.3. The number of hydrogen-bond acceptors (Lipinski definition) is 2. The van der Waals surface area contributed by atoms with Crippen LogP contribution in [0.5, 0.6) is 0 Å². The number of rotatable bonds is 4. The summed E-state index contributed by atoms with van der Waals surface area (Å²) >= 11 is 0. The summed E-state index contributed by atoms with van der Waals surface area (Å²) in [5.74, 6) is 0.269. The van der Waals surface area contributed by atoms with E-state index in [2.05, 4.69) is 12.2 Å². The van der Waals surface area contributed by atoms with Gasteiger partial charge in [-0.2, -0.15) is 0 Å². The van der Waals surface area contributed by atoms with Gasteiger partial charge in [-0.1, -0.05) is 32.6 Å². The fraction of sp³-hybridized carbons (Fsp3) is 0.933. The van der Waals surface area contributed by atoms with Gasteiger partial charge in [0.2, 0.25) is 5.91 Å². The molecule has 2 unspecified atom stereocenters. The third-order valence-corrected chi connectivity index (χ3v) is 5.21. The summed E-state index contributed by atoms with van der Waals surface area (Å²) in [5.41, 5.74) is 6.54. The first kappa shape index (κ1) is 13.9. The summed E-state index contributed by atoms with van der Waals surface area (Å²) in [6, 6.07) is 0.0754. The lowest BCUT2D eigenvalue weighted by Crippen LogP contribution is -2.47. The predicted molar refractivity (Wildman–Crippen MR) is 74.1 cm³/mol. The quantitative estimate of drug-likeness (QED) is 0.756. The monoisotopic (exact) mass is 252 g/mol. The van der Waals surface area contributed by atoms with Crippen molar-refractivity contribution in [2.75, 3.05) is 6.54 Å². The number of nitrogens with one attached hydrogen (secondary N) is 1. The van der Waals surface area contributed by atoms with E-state index in [-0.39, 0.29) is 17.9 Å². The first-order chi connectivity index (χ1) is 8.67. The maximum atomic E-state index is 12.3. The lowest BCUT2D eigenvalue weighted by molar-refractivity contribution is -0.126. The molecule has 2 rings (SSSR count). The maximum absolute atomic E-state index is 12.3. The van der Waals surface area contributed by atoms with Crippen LogP contribution in [-0.2, 0) is 4.79 Å². The van der Waals surface area contributed by atoms with E-state index in [0.29, 0.717) is 5.41 Å². The van der Waals surface area contributed by atoms with Crippen molar-refractivity contribution in [3.8, 4) is 0 Å². The molecule has 0 heterocycles. The van der Waals surface area contributed by atoms with Crippen molar-refractivity contribution in [3.63, 3.8) is 0 Å². The molecule has 0 bridgehead atoms. The summed E-state index contributed by atoms with van der Waals surface area (Å²) in [5, 5.41) is 3.19. The standard InChI is InChI=1S/C15H28N2O/c1-2-15(9-6-10-15)11-17-14(18)12-7-4-3-5-8-13(12)16/h12-13H,2-11,16H2,1H3,(H,17,18). The van der Waals surface area contributed by atoms with E-state index < -0.39 is 0 Å². The molecule has 2 aliphatic rings. The molecule has 0 spiro atoms. The van der Waals surface area contributed by atoms with Crippen LogP contribution >= 0.6 is 0 Å². The van der Waals surface area contributed by atoms with Crippen molar-refractivity contribution in [2.45, 2.75) is 70.8 Å². The van der Waals surface area contributed by atoms with Gasteiger partial charge in [-0.05, 0) is 37.5 Å². The van der Waals surface area contributed by atoms with E-state index >= 15 is 0 Å². The zero-order chi connectivity index (χ0) is 13.0. The third kappa shape index (κ3) is 3.05. The third-order valence-electron chi connectivity index (χ3n) is 5.21. The van der Waals surface area contributed by atoms with Gasteiger partial charge in [-0.3, -0.25) is 4.79 Å². The second kappa shape index (κ2) is 6.05. The molecular weight excluding hydrogens is 224 g/mol. The van der Waals surface area contributed by atoms with Crippen LogP contribution in [0.4, 0.5) is 0 Å². The van der Waals surface area contributed by atoms with Gasteiger partial charge in [0.25, 0.3) is 0 Å². The van der Waals surface area contributed by atoms with Crippen LogP contribution in [0.3, 0.4) is 0 Å². The Morgan fingerprint density at radius 1 is 1.22 bits per heavy atom. The van der Waals surface area contributed by atoms with Gasteiger partial charge in [0.05, 0.1) is 5.92 Å². The maximum Gasteiger partial charge on any atom is 0.224 e. The first-order valence-corrected chi connectivity index (χ1v) is 7.70. The molecule has 2 aliphatic carbocycles. The van der Waals surface area contributed by atoms with Gasteiger partial charge in [-0.15, -0.1) is 0 Å². The molecule has 1 amide bonds. The van der Waals surface area contributed by atoms with Gasteiger partial charge in [0.1, 0.15) is 0 Å². The molecule has 3 nitrogen and oxygen atoms in total. The highest BCUT2D eigenvalue weighted by molar-refractivity contribution is 5.79. The summed E-state index contributed by atoms with van der Waals surface area (Å²) in [6.45, 7) is 3.11. The Morgan fingerprint density at radius 2 is 1.94 bits per heavy atom. The number of amides is 1. The number of carbonyl (C=O) groups excluding carboxylic acids is 1. The Morgan fingerprint density at radius 3 is 2.56 bits per heavy atom. The van der Waals surface area contributed by atoms with Crippen molar-refractivity contribution in [1.29, 1.82) is 0 Å². The smallest absolute Gasteiger partial charge is 0.224 e. The predicted octanol–water partition coefficient (Wildman–Crippen LogP) is 2.59. The minimum Gasteiger partial charge on any atom is -0.355 e. The Hall–Kier alpha value is -0.570. The summed E-state index contributed by atoms with van der Waals surface area (Å²) < 4.78 is 0. The summed E-state index contributed by atoms with van der Waals surface area (Å²) in [6.07, 6.45) is 10.6. The van der Waals surface area contributed by atoms with E-state index in [4.69, 9.17) is 5.73 Å². The Bertz CT molecular complexity index is 281. The van der Waals surface area contributed by atoms with Crippen LogP contribution in [-0.4, -0.2) is 18.5 Å². The van der Waals surface area contributed by atoms with Gasteiger partial charge in [0, 0.05) is 12.6 Å². The molecule has 104 valence electrons. The fourth-order valence-corrected chi connectivity index (χ4v) is 3.40. The van der Waals surface area contributed by atoms with E-state index in [9.17, 15) is 4.79 Å². The Balaban J connectivity index is 1.82. The van der Waals surface area contributed by atoms with Gasteiger partial charge < -0.3 is 11.1 Å². The lowest BCUT2D eigenvalue weighted by Gasteiger charge is -2.41. The zero-order valence-corrected chi connectivity index (χ0v) is 11.7. The SMILES string of the molecule is CCC1(CNC(=O)C2CCCCCC2N)CCC1. The number of nitrogens with two attached hydrogens (primary N) is 1. The number of hydrogen-bond donors (Lipinski definition) is 2. The van der Waals surface area contributed by atoms with Crippen LogP contribution in [0, 0.1) is 11.3 Å². The molecule has 0 aromatic carbocycles. The minimum absolute atomic E-state index is 0.0569. The van der Waals surface area contributed by atoms with Crippen LogP contribution in [0.15, 0.2) is 0 Å². The van der Waals surface area contributed by atoms with Crippen LogP contribution < -0.4 is 11.1 Å². The molecule has 2 atom stereocenters. The molecule has 0 aromatic heterocycles. The van der Waals surface area contributed by atoms with Crippen molar-refractivity contribution in [2.24, 2.45) is 17.1 Å². The highest BCUT2D eigenvalue weighted by atomic mass is 16.1. The number of carbonyl (C=O) groups is 1. The van der Waals surface area contributed by atoms with Crippen molar-refractivity contribution >= 4 is 5.91 Å². The van der Waals surface area contributed by atoms with Crippen molar-refractivity contribution in [1.82, 2.24) is 5.32 Å². The van der Waals surface area contributed by atoms with Crippen LogP contribution in [0.2, 0.25) is 0 Å². The highest BCUT2D eigenvalue weighted by Crippen LogP contribution is 2.43. The molecule has 2 saturated carbocycles.